The molecule has 0 aromatic rings. The van der Waals surface area contributed by atoms with E-state index in [0.29, 0.717) is 0 Å². The molecule has 0 aromatic carbocycles. The first kappa shape index (κ1) is 12.0. The molecule has 0 aliphatic carbocycles. The van der Waals surface area contributed by atoms with Crippen molar-refractivity contribution in [2.24, 2.45) is 5.73 Å². The van der Waals surface area contributed by atoms with Crippen LogP contribution in [-0.4, -0.2) is 33.0 Å². The van der Waals surface area contributed by atoms with Gasteiger partial charge in [0.25, 0.3) is 0 Å². The van der Waals surface area contributed by atoms with Crippen molar-refractivity contribution in [2.75, 3.05) is 12.8 Å². The fraction of sp³-hybridized carbons (Fsp3) is 0.667. The zero-order chi connectivity index (χ0) is 10.5. The summed E-state index contributed by atoms with van der Waals surface area (Å²) in [6.07, 6.45) is 0.406. The molecule has 0 aliphatic heterocycles. The summed E-state index contributed by atoms with van der Waals surface area (Å²) < 4.78 is 24.8. The molecule has 0 unspecified atom stereocenters. The van der Waals surface area contributed by atoms with E-state index in [1.807, 2.05) is 0 Å². The molecule has 2 N–H and O–H groups in total. The van der Waals surface area contributed by atoms with E-state index >= 15 is 0 Å². The van der Waals surface area contributed by atoms with Crippen molar-refractivity contribution in [1.29, 1.82) is 0 Å². The number of rotatable bonds is 5. The molecule has 0 amide bonds. The van der Waals surface area contributed by atoms with Gasteiger partial charge in [-0.2, -0.15) is 8.42 Å². The maximum Gasteiger partial charge on any atom is 0.322 e. The van der Waals surface area contributed by atoms with Crippen LogP contribution in [-0.2, 0) is 23.9 Å². The largest absolute Gasteiger partial charge is 0.346 e. The van der Waals surface area contributed by atoms with E-state index in [4.69, 9.17) is 5.73 Å². The fourth-order valence-electron chi connectivity index (χ4n) is 0.554. The van der Waals surface area contributed by atoms with Crippen LogP contribution >= 0.6 is 0 Å². The SMILES string of the molecule is CS(=O)(=O)OC(=O)CCC(=O)CN. The van der Waals surface area contributed by atoms with Crippen LogP contribution in [0.25, 0.3) is 0 Å². The summed E-state index contributed by atoms with van der Waals surface area (Å²) in [5.74, 6) is -1.25. The minimum atomic E-state index is -3.77. The van der Waals surface area contributed by atoms with E-state index in [2.05, 4.69) is 4.18 Å². The molecular formula is C6H11NO5S. The number of ketones is 1. The first-order chi connectivity index (χ1) is 5.85. The molecular weight excluding hydrogens is 198 g/mol. The second-order valence-electron chi connectivity index (χ2n) is 2.40. The van der Waals surface area contributed by atoms with Crippen LogP contribution in [0.1, 0.15) is 12.8 Å². The number of nitrogens with two attached hydrogens (primary N) is 1. The average molecular weight is 209 g/mol. The molecule has 0 aromatic heterocycles. The standard InChI is InChI=1S/C6H11NO5S/c1-13(10,11)12-6(9)3-2-5(8)4-7/h2-4,7H2,1H3. The lowest BCUT2D eigenvalue weighted by molar-refractivity contribution is -0.135. The predicted octanol–water partition coefficient (Wildman–Crippen LogP) is -1.20. The normalized spacial score (nSPS) is 10.9. The van der Waals surface area contributed by atoms with E-state index in [1.165, 1.54) is 0 Å². The zero-order valence-electron chi connectivity index (χ0n) is 7.15. The van der Waals surface area contributed by atoms with Crippen molar-refractivity contribution in [1.82, 2.24) is 0 Å². The van der Waals surface area contributed by atoms with E-state index < -0.39 is 16.1 Å². The summed E-state index contributed by atoms with van der Waals surface area (Å²) in [6.45, 7) is -0.161. The van der Waals surface area contributed by atoms with E-state index in [1.54, 1.807) is 0 Å². The lowest BCUT2D eigenvalue weighted by Gasteiger charge is -1.99. The van der Waals surface area contributed by atoms with Crippen LogP contribution in [0.4, 0.5) is 0 Å². The van der Waals surface area contributed by atoms with Gasteiger partial charge in [0, 0.05) is 6.42 Å². The second-order valence-corrected chi connectivity index (χ2v) is 3.98. The molecule has 13 heavy (non-hydrogen) atoms. The summed E-state index contributed by atoms with van der Waals surface area (Å²) in [7, 11) is -3.77. The monoisotopic (exact) mass is 209 g/mol. The molecule has 0 fully saturated rings. The lowest BCUT2D eigenvalue weighted by Crippen LogP contribution is -2.17. The van der Waals surface area contributed by atoms with Gasteiger partial charge in [-0.05, 0) is 0 Å². The van der Waals surface area contributed by atoms with Gasteiger partial charge < -0.3 is 9.92 Å². The fourth-order valence-corrected chi connectivity index (χ4v) is 0.975. The van der Waals surface area contributed by atoms with Crippen molar-refractivity contribution in [3.8, 4) is 0 Å². The molecule has 0 saturated carbocycles. The van der Waals surface area contributed by atoms with Crippen molar-refractivity contribution < 1.29 is 22.2 Å². The van der Waals surface area contributed by atoms with Gasteiger partial charge in [0.2, 0.25) is 0 Å². The van der Waals surface area contributed by atoms with Crippen molar-refractivity contribution in [3.05, 3.63) is 0 Å². The Morgan fingerprint density at radius 3 is 2.23 bits per heavy atom. The smallest absolute Gasteiger partial charge is 0.322 e. The maximum absolute atomic E-state index is 10.7. The number of hydrogen-bond acceptors (Lipinski definition) is 6. The molecule has 76 valence electrons. The number of Topliss-reactive ketones (excluding diaryl/α,β-unsaturated/α-hetero) is 1. The van der Waals surface area contributed by atoms with Gasteiger partial charge in [0.05, 0.1) is 19.2 Å². The topological polar surface area (TPSA) is 104 Å². The molecule has 0 heterocycles. The second kappa shape index (κ2) is 4.93. The van der Waals surface area contributed by atoms with E-state index in [-0.39, 0.29) is 25.2 Å². The summed E-state index contributed by atoms with van der Waals surface area (Å²) >= 11 is 0. The summed E-state index contributed by atoms with van der Waals surface area (Å²) in [5, 5.41) is 0. The van der Waals surface area contributed by atoms with Gasteiger partial charge >= 0.3 is 16.1 Å². The van der Waals surface area contributed by atoms with Gasteiger partial charge in [-0.1, -0.05) is 0 Å². The summed E-state index contributed by atoms with van der Waals surface area (Å²) in [4.78, 5) is 21.3. The molecule has 0 radical (unpaired) electrons. The van der Waals surface area contributed by atoms with Crippen LogP contribution in [0.15, 0.2) is 0 Å². The number of carbonyl (C=O) groups excluding carboxylic acids is 2. The molecule has 0 saturated heterocycles. The van der Waals surface area contributed by atoms with Gasteiger partial charge in [-0.3, -0.25) is 9.59 Å². The Morgan fingerprint density at radius 1 is 1.31 bits per heavy atom. The zero-order valence-corrected chi connectivity index (χ0v) is 7.96. The highest BCUT2D eigenvalue weighted by Crippen LogP contribution is 1.97. The highest BCUT2D eigenvalue weighted by molar-refractivity contribution is 7.86. The third kappa shape index (κ3) is 7.41. The van der Waals surface area contributed by atoms with Gasteiger partial charge in [0.15, 0.2) is 0 Å². The molecule has 0 rings (SSSR count). The first-order valence-corrected chi connectivity index (χ1v) is 5.31. The highest BCUT2D eigenvalue weighted by atomic mass is 32.2. The van der Waals surface area contributed by atoms with Gasteiger partial charge in [-0.25, -0.2) is 0 Å². The minimum Gasteiger partial charge on any atom is -0.346 e. The number of hydrogen-bond donors (Lipinski definition) is 1. The van der Waals surface area contributed by atoms with Crippen molar-refractivity contribution >= 4 is 21.9 Å². The summed E-state index contributed by atoms with van der Waals surface area (Å²) in [6, 6.07) is 0. The van der Waals surface area contributed by atoms with Crippen LogP contribution in [0, 0.1) is 0 Å². The molecule has 0 bridgehead atoms. The van der Waals surface area contributed by atoms with Crippen LogP contribution in [0.2, 0.25) is 0 Å². The molecule has 0 spiro atoms. The third-order valence-corrected chi connectivity index (χ3v) is 1.57. The average Bonchev–Trinajstić information content (AvgIpc) is 1.97. The van der Waals surface area contributed by atoms with Crippen LogP contribution in [0.5, 0.6) is 0 Å². The maximum atomic E-state index is 10.7. The Labute approximate surface area is 76.2 Å². The Morgan fingerprint density at radius 2 is 1.85 bits per heavy atom. The Kier molecular flexibility index (Phi) is 4.57. The molecule has 7 heteroatoms. The number of carbonyl (C=O) groups is 2. The lowest BCUT2D eigenvalue weighted by atomic mass is 10.2. The highest BCUT2D eigenvalue weighted by Gasteiger charge is 2.12. The predicted molar refractivity (Wildman–Crippen MR) is 44.2 cm³/mol. The minimum absolute atomic E-state index is 0.0924. The molecule has 0 aliphatic rings. The molecule has 0 atom stereocenters. The Balaban J connectivity index is 3.84. The Hall–Kier alpha value is -0.950. The third-order valence-electron chi connectivity index (χ3n) is 1.08. The Bertz CT molecular complexity index is 294. The quantitative estimate of drug-likeness (QED) is 0.570. The van der Waals surface area contributed by atoms with Crippen LogP contribution < -0.4 is 5.73 Å². The van der Waals surface area contributed by atoms with Crippen LogP contribution in [0.3, 0.4) is 0 Å². The van der Waals surface area contributed by atoms with E-state index in [9.17, 15) is 18.0 Å². The first-order valence-electron chi connectivity index (χ1n) is 3.49. The van der Waals surface area contributed by atoms with E-state index in [0.717, 1.165) is 6.26 Å². The van der Waals surface area contributed by atoms with Gasteiger partial charge in [-0.15, -0.1) is 0 Å². The molecule has 6 nitrogen and oxygen atoms in total. The summed E-state index contributed by atoms with van der Waals surface area (Å²) in [5.41, 5.74) is 4.97. The van der Waals surface area contributed by atoms with Crippen molar-refractivity contribution in [3.63, 3.8) is 0 Å². The van der Waals surface area contributed by atoms with Crippen molar-refractivity contribution in [2.45, 2.75) is 12.8 Å². The van der Waals surface area contributed by atoms with Gasteiger partial charge in [0.1, 0.15) is 5.78 Å².